The van der Waals surface area contributed by atoms with Gasteiger partial charge in [0, 0.05) is 18.3 Å². The number of amides is 1. The SMILES string of the molecule is COc1ncc([C@H]2CCCN2C(=O)OC(C)(C)C)cc1C. The fraction of sp³-hybridized carbons (Fsp3) is 0.625. The average Bonchev–Trinajstić information content (AvgIpc) is 2.85. The first-order valence-electron chi connectivity index (χ1n) is 7.32. The van der Waals surface area contributed by atoms with Crippen LogP contribution in [0.5, 0.6) is 5.88 Å². The highest BCUT2D eigenvalue weighted by Gasteiger charge is 2.33. The Labute approximate surface area is 126 Å². The summed E-state index contributed by atoms with van der Waals surface area (Å²) in [6.07, 6.45) is 3.46. The molecule has 0 N–H and O–H groups in total. The van der Waals surface area contributed by atoms with E-state index >= 15 is 0 Å². The number of ether oxygens (including phenoxy) is 2. The summed E-state index contributed by atoms with van der Waals surface area (Å²) in [5.41, 5.74) is 1.54. The van der Waals surface area contributed by atoms with Gasteiger partial charge in [0.15, 0.2) is 0 Å². The fourth-order valence-electron chi connectivity index (χ4n) is 2.63. The number of carbonyl (C=O) groups is 1. The quantitative estimate of drug-likeness (QED) is 0.837. The molecule has 116 valence electrons. The summed E-state index contributed by atoms with van der Waals surface area (Å²) in [7, 11) is 1.61. The Kier molecular flexibility index (Phi) is 4.40. The zero-order valence-corrected chi connectivity index (χ0v) is 13.5. The van der Waals surface area contributed by atoms with Gasteiger partial charge in [-0.15, -0.1) is 0 Å². The number of hydrogen-bond donors (Lipinski definition) is 0. The highest BCUT2D eigenvalue weighted by molar-refractivity contribution is 5.69. The number of aryl methyl sites for hydroxylation is 1. The van der Waals surface area contributed by atoms with Gasteiger partial charge in [-0.2, -0.15) is 0 Å². The third-order valence-electron chi connectivity index (χ3n) is 3.51. The van der Waals surface area contributed by atoms with Crippen molar-refractivity contribution in [2.75, 3.05) is 13.7 Å². The van der Waals surface area contributed by atoms with Gasteiger partial charge in [0.05, 0.1) is 13.2 Å². The van der Waals surface area contributed by atoms with Gasteiger partial charge in [-0.05, 0) is 52.2 Å². The van der Waals surface area contributed by atoms with E-state index in [0.717, 1.165) is 30.5 Å². The topological polar surface area (TPSA) is 51.7 Å². The summed E-state index contributed by atoms with van der Waals surface area (Å²) in [6, 6.07) is 2.08. The van der Waals surface area contributed by atoms with Crippen LogP contribution in [-0.2, 0) is 4.74 Å². The third-order valence-corrected chi connectivity index (χ3v) is 3.51. The van der Waals surface area contributed by atoms with Crippen molar-refractivity contribution in [3.63, 3.8) is 0 Å². The van der Waals surface area contributed by atoms with Crippen molar-refractivity contribution in [2.45, 2.75) is 52.2 Å². The Hall–Kier alpha value is -1.78. The molecule has 0 radical (unpaired) electrons. The molecule has 1 atom stereocenters. The van der Waals surface area contributed by atoms with Crippen LogP contribution in [0.15, 0.2) is 12.3 Å². The van der Waals surface area contributed by atoms with E-state index in [1.807, 2.05) is 33.8 Å². The highest BCUT2D eigenvalue weighted by atomic mass is 16.6. The Morgan fingerprint density at radius 2 is 2.14 bits per heavy atom. The lowest BCUT2D eigenvalue weighted by Gasteiger charge is -2.28. The molecule has 1 fully saturated rings. The lowest BCUT2D eigenvalue weighted by atomic mass is 10.1. The van der Waals surface area contributed by atoms with Gasteiger partial charge in [-0.25, -0.2) is 9.78 Å². The van der Waals surface area contributed by atoms with Gasteiger partial charge >= 0.3 is 6.09 Å². The number of methoxy groups -OCH3 is 1. The van der Waals surface area contributed by atoms with Crippen LogP contribution in [0.1, 0.15) is 50.8 Å². The van der Waals surface area contributed by atoms with Crippen molar-refractivity contribution < 1.29 is 14.3 Å². The van der Waals surface area contributed by atoms with Crippen LogP contribution >= 0.6 is 0 Å². The predicted molar refractivity (Wildman–Crippen MR) is 80.4 cm³/mol. The normalized spacial score (nSPS) is 18.7. The summed E-state index contributed by atoms with van der Waals surface area (Å²) in [5.74, 6) is 0.626. The van der Waals surface area contributed by atoms with Crippen LogP contribution in [0.4, 0.5) is 4.79 Å². The summed E-state index contributed by atoms with van der Waals surface area (Å²) >= 11 is 0. The van der Waals surface area contributed by atoms with Crippen LogP contribution in [0.2, 0.25) is 0 Å². The number of likely N-dealkylation sites (tertiary alicyclic amines) is 1. The average molecular weight is 292 g/mol. The zero-order chi connectivity index (χ0) is 15.6. The largest absolute Gasteiger partial charge is 0.481 e. The van der Waals surface area contributed by atoms with Gasteiger partial charge in [0.1, 0.15) is 5.60 Å². The van der Waals surface area contributed by atoms with Crippen LogP contribution in [0, 0.1) is 6.92 Å². The summed E-state index contributed by atoms with van der Waals surface area (Å²) in [4.78, 5) is 18.4. The lowest BCUT2D eigenvalue weighted by Crippen LogP contribution is -2.36. The van der Waals surface area contributed by atoms with Crippen molar-refractivity contribution in [2.24, 2.45) is 0 Å². The first-order valence-corrected chi connectivity index (χ1v) is 7.32. The standard InChI is InChI=1S/C16H24N2O3/c1-11-9-12(10-17-14(11)20-5)13-7-6-8-18(13)15(19)21-16(2,3)4/h9-10,13H,6-8H2,1-5H3/t13-/m1/s1. The van der Waals surface area contributed by atoms with Crippen molar-refractivity contribution in [3.05, 3.63) is 23.4 Å². The molecule has 2 heterocycles. The molecule has 1 aromatic heterocycles. The van der Waals surface area contributed by atoms with Gasteiger partial charge in [-0.3, -0.25) is 0 Å². The molecule has 5 nitrogen and oxygen atoms in total. The zero-order valence-electron chi connectivity index (χ0n) is 13.5. The number of rotatable bonds is 2. The van der Waals surface area contributed by atoms with Gasteiger partial charge in [0.2, 0.25) is 5.88 Å². The smallest absolute Gasteiger partial charge is 0.410 e. The molecular weight excluding hydrogens is 268 g/mol. The number of hydrogen-bond acceptors (Lipinski definition) is 4. The molecule has 0 aromatic carbocycles. The molecule has 0 unspecified atom stereocenters. The number of pyridine rings is 1. The maximum atomic E-state index is 12.3. The summed E-state index contributed by atoms with van der Waals surface area (Å²) in [6.45, 7) is 8.34. The molecule has 0 spiro atoms. The third kappa shape index (κ3) is 3.65. The monoisotopic (exact) mass is 292 g/mol. The lowest BCUT2D eigenvalue weighted by molar-refractivity contribution is 0.0224. The minimum atomic E-state index is -0.474. The van der Waals surface area contributed by atoms with Crippen LogP contribution in [0.25, 0.3) is 0 Å². The van der Waals surface area contributed by atoms with Crippen LogP contribution in [-0.4, -0.2) is 35.2 Å². The summed E-state index contributed by atoms with van der Waals surface area (Å²) < 4.78 is 10.7. The molecule has 0 saturated carbocycles. The molecule has 1 saturated heterocycles. The molecule has 2 rings (SSSR count). The van der Waals surface area contributed by atoms with E-state index < -0.39 is 5.60 Å². The molecule has 1 aliphatic rings. The molecule has 1 aliphatic heterocycles. The van der Waals surface area contributed by atoms with Crippen molar-refractivity contribution in [1.82, 2.24) is 9.88 Å². The highest BCUT2D eigenvalue weighted by Crippen LogP contribution is 2.34. The molecule has 0 aliphatic carbocycles. The van der Waals surface area contributed by atoms with Gasteiger partial charge in [0.25, 0.3) is 0 Å². The predicted octanol–water partition coefficient (Wildman–Crippen LogP) is 3.47. The Morgan fingerprint density at radius 1 is 1.43 bits per heavy atom. The molecule has 21 heavy (non-hydrogen) atoms. The van der Waals surface area contributed by atoms with E-state index in [9.17, 15) is 4.79 Å². The Bertz CT molecular complexity index is 523. The van der Waals surface area contributed by atoms with E-state index in [0.29, 0.717) is 5.88 Å². The number of carbonyl (C=O) groups excluding carboxylic acids is 1. The Morgan fingerprint density at radius 3 is 2.71 bits per heavy atom. The number of aromatic nitrogens is 1. The number of nitrogens with zero attached hydrogens (tertiary/aromatic N) is 2. The van der Waals surface area contributed by atoms with Gasteiger partial charge < -0.3 is 14.4 Å². The maximum absolute atomic E-state index is 12.3. The second-order valence-corrected chi connectivity index (χ2v) is 6.43. The second-order valence-electron chi connectivity index (χ2n) is 6.43. The van der Waals surface area contributed by atoms with E-state index in [2.05, 4.69) is 4.98 Å². The Balaban J connectivity index is 2.18. The van der Waals surface area contributed by atoms with Crippen LogP contribution < -0.4 is 4.74 Å². The van der Waals surface area contributed by atoms with E-state index in [-0.39, 0.29) is 12.1 Å². The molecule has 1 amide bonds. The summed E-state index contributed by atoms with van der Waals surface area (Å²) in [5, 5.41) is 0. The molecular formula is C16H24N2O3. The van der Waals surface area contributed by atoms with Crippen molar-refractivity contribution in [1.29, 1.82) is 0 Å². The van der Waals surface area contributed by atoms with Crippen LogP contribution in [0.3, 0.4) is 0 Å². The fourth-order valence-corrected chi connectivity index (χ4v) is 2.63. The minimum Gasteiger partial charge on any atom is -0.481 e. The van der Waals surface area contributed by atoms with E-state index in [1.165, 1.54) is 0 Å². The van der Waals surface area contributed by atoms with Crippen molar-refractivity contribution >= 4 is 6.09 Å². The minimum absolute atomic E-state index is 0.0388. The van der Waals surface area contributed by atoms with E-state index in [4.69, 9.17) is 9.47 Å². The van der Waals surface area contributed by atoms with Gasteiger partial charge in [-0.1, -0.05) is 0 Å². The first-order chi connectivity index (χ1) is 9.81. The molecule has 5 heteroatoms. The second kappa shape index (κ2) is 5.92. The first kappa shape index (κ1) is 15.6. The van der Waals surface area contributed by atoms with E-state index in [1.54, 1.807) is 18.2 Å². The maximum Gasteiger partial charge on any atom is 0.410 e. The molecule has 1 aromatic rings. The van der Waals surface area contributed by atoms with Crippen molar-refractivity contribution in [3.8, 4) is 5.88 Å². The molecule has 0 bridgehead atoms.